The molecule has 0 bridgehead atoms. The highest BCUT2D eigenvalue weighted by molar-refractivity contribution is 7.92. The number of carbonyl (C=O) groups is 2. The number of amides is 2. The molecule has 11 heteroatoms. The summed E-state index contributed by atoms with van der Waals surface area (Å²) < 4.78 is 39.1. The Bertz CT molecular complexity index is 1380. The summed E-state index contributed by atoms with van der Waals surface area (Å²) in [6, 6.07) is 18.3. The maximum absolute atomic E-state index is 13.8. The molecule has 1 N–H and O–H groups in total. The van der Waals surface area contributed by atoms with Crippen molar-refractivity contribution in [3.8, 4) is 11.5 Å². The molecule has 0 spiro atoms. The lowest BCUT2D eigenvalue weighted by molar-refractivity contribution is -0.139. The first-order valence-corrected chi connectivity index (χ1v) is 14.0. The van der Waals surface area contributed by atoms with E-state index in [9.17, 15) is 18.0 Å². The minimum Gasteiger partial charge on any atom is -0.497 e. The van der Waals surface area contributed by atoms with Crippen molar-refractivity contribution in [2.75, 3.05) is 31.6 Å². The van der Waals surface area contributed by atoms with Gasteiger partial charge in [-0.05, 0) is 80.1 Å². The average Bonchev–Trinajstić information content (AvgIpc) is 2.94. The minimum atomic E-state index is -4.19. The maximum Gasteiger partial charge on any atom is 0.264 e. The second-order valence-corrected chi connectivity index (χ2v) is 10.9. The lowest BCUT2D eigenvalue weighted by atomic mass is 10.1. The Morgan fingerprint density at radius 2 is 1.59 bits per heavy atom. The van der Waals surface area contributed by atoms with Gasteiger partial charge < -0.3 is 19.7 Å². The summed E-state index contributed by atoms with van der Waals surface area (Å²) in [5, 5.41) is 3.14. The molecule has 0 aliphatic carbocycles. The van der Waals surface area contributed by atoms with Crippen LogP contribution in [0.3, 0.4) is 0 Å². The van der Waals surface area contributed by atoms with E-state index in [1.807, 2.05) is 0 Å². The van der Waals surface area contributed by atoms with E-state index in [-0.39, 0.29) is 23.0 Å². The van der Waals surface area contributed by atoms with E-state index in [0.717, 1.165) is 9.87 Å². The molecule has 2 amide bonds. The van der Waals surface area contributed by atoms with Crippen LogP contribution in [0.25, 0.3) is 0 Å². The molecule has 9 nitrogen and oxygen atoms in total. The van der Waals surface area contributed by atoms with Crippen molar-refractivity contribution in [2.45, 2.75) is 31.3 Å². The third-order valence-electron chi connectivity index (χ3n) is 6.05. The van der Waals surface area contributed by atoms with Crippen LogP contribution in [0.4, 0.5) is 5.69 Å². The number of likely N-dealkylation sites (N-methyl/N-ethyl adjacent to an activating group) is 1. The van der Waals surface area contributed by atoms with Crippen molar-refractivity contribution < 1.29 is 27.5 Å². The van der Waals surface area contributed by atoms with Gasteiger partial charge in [0, 0.05) is 18.1 Å². The van der Waals surface area contributed by atoms with Crippen LogP contribution in [-0.4, -0.2) is 58.5 Å². The number of rotatable bonds is 12. The van der Waals surface area contributed by atoms with E-state index in [1.54, 1.807) is 50.2 Å². The average molecular weight is 574 g/mol. The summed E-state index contributed by atoms with van der Waals surface area (Å²) in [7, 11) is -1.18. The zero-order chi connectivity index (χ0) is 28.6. The van der Waals surface area contributed by atoms with Crippen LogP contribution < -0.4 is 19.1 Å². The van der Waals surface area contributed by atoms with Gasteiger partial charge in [-0.3, -0.25) is 13.9 Å². The highest BCUT2D eigenvalue weighted by Gasteiger charge is 2.32. The van der Waals surface area contributed by atoms with E-state index in [1.165, 1.54) is 55.5 Å². The Morgan fingerprint density at radius 1 is 0.949 bits per heavy atom. The Hall–Kier alpha value is -3.76. The number of hydrogen-bond donors (Lipinski definition) is 1. The second kappa shape index (κ2) is 13.3. The highest BCUT2D eigenvalue weighted by atomic mass is 35.5. The Labute approximate surface area is 234 Å². The van der Waals surface area contributed by atoms with E-state index < -0.39 is 28.5 Å². The van der Waals surface area contributed by atoms with Gasteiger partial charge in [-0.2, -0.15) is 0 Å². The zero-order valence-corrected chi connectivity index (χ0v) is 23.8. The van der Waals surface area contributed by atoms with Gasteiger partial charge >= 0.3 is 0 Å². The number of anilines is 1. The molecule has 0 heterocycles. The van der Waals surface area contributed by atoms with Crippen LogP contribution in [0.2, 0.25) is 5.02 Å². The molecule has 208 valence electrons. The topological polar surface area (TPSA) is 105 Å². The van der Waals surface area contributed by atoms with Gasteiger partial charge in [0.25, 0.3) is 10.0 Å². The van der Waals surface area contributed by atoms with Crippen molar-refractivity contribution in [1.82, 2.24) is 10.2 Å². The molecule has 39 heavy (non-hydrogen) atoms. The zero-order valence-electron chi connectivity index (χ0n) is 22.3. The number of hydrogen-bond acceptors (Lipinski definition) is 6. The highest BCUT2D eigenvalue weighted by Crippen LogP contribution is 2.27. The van der Waals surface area contributed by atoms with Crippen LogP contribution in [0.1, 0.15) is 19.4 Å². The molecule has 1 atom stereocenters. The van der Waals surface area contributed by atoms with Gasteiger partial charge in [-0.15, -0.1) is 0 Å². The molecular formula is C28H32ClN3O6S. The lowest BCUT2D eigenvalue weighted by Gasteiger charge is -2.32. The molecule has 0 fully saturated rings. The van der Waals surface area contributed by atoms with Gasteiger partial charge in [-0.25, -0.2) is 8.42 Å². The van der Waals surface area contributed by atoms with Crippen molar-refractivity contribution in [3.63, 3.8) is 0 Å². The molecule has 0 unspecified atom stereocenters. The number of nitrogens with zero attached hydrogens (tertiary/aromatic N) is 2. The molecule has 0 saturated heterocycles. The van der Waals surface area contributed by atoms with E-state index >= 15 is 0 Å². The summed E-state index contributed by atoms with van der Waals surface area (Å²) >= 11 is 6.05. The van der Waals surface area contributed by atoms with Crippen LogP contribution in [0.5, 0.6) is 11.5 Å². The Kier molecular flexibility index (Phi) is 10.2. The van der Waals surface area contributed by atoms with Crippen LogP contribution in [0.15, 0.2) is 77.7 Å². The molecule has 0 radical (unpaired) electrons. The Balaban J connectivity index is 2.02. The second-order valence-electron chi connectivity index (χ2n) is 8.61. The number of methoxy groups -OCH3 is 2. The van der Waals surface area contributed by atoms with E-state index in [4.69, 9.17) is 21.1 Å². The maximum atomic E-state index is 13.8. The first-order chi connectivity index (χ1) is 18.6. The molecule has 0 aliphatic heterocycles. The molecular weight excluding hydrogens is 542 g/mol. The molecule has 3 aromatic rings. The van der Waals surface area contributed by atoms with Crippen LogP contribution in [-0.2, 0) is 26.2 Å². The smallest absolute Gasteiger partial charge is 0.264 e. The quantitative estimate of drug-likeness (QED) is 0.350. The molecule has 0 aliphatic rings. The van der Waals surface area contributed by atoms with Gasteiger partial charge in [0.05, 0.1) is 24.8 Å². The first-order valence-electron chi connectivity index (χ1n) is 12.2. The number of nitrogens with one attached hydrogen (secondary N) is 1. The third-order valence-corrected chi connectivity index (χ3v) is 8.09. The molecule has 3 aromatic carbocycles. The van der Waals surface area contributed by atoms with Gasteiger partial charge in [-0.1, -0.05) is 23.7 Å². The third kappa shape index (κ3) is 7.42. The Morgan fingerprint density at radius 3 is 2.18 bits per heavy atom. The fourth-order valence-corrected chi connectivity index (χ4v) is 5.42. The number of carbonyl (C=O) groups excluding carboxylic acids is 2. The van der Waals surface area contributed by atoms with Crippen LogP contribution in [0, 0.1) is 0 Å². The van der Waals surface area contributed by atoms with Crippen LogP contribution >= 0.6 is 11.6 Å². The van der Waals surface area contributed by atoms with Gasteiger partial charge in [0.1, 0.15) is 24.1 Å². The van der Waals surface area contributed by atoms with Crippen molar-refractivity contribution >= 4 is 39.1 Å². The summed E-state index contributed by atoms with van der Waals surface area (Å²) in [5.74, 6) is 0.159. The lowest BCUT2D eigenvalue weighted by Crippen LogP contribution is -2.51. The van der Waals surface area contributed by atoms with Crippen molar-refractivity contribution in [2.24, 2.45) is 0 Å². The number of halogens is 1. The molecule has 0 saturated carbocycles. The minimum absolute atomic E-state index is 0.0258. The first kappa shape index (κ1) is 29.8. The van der Waals surface area contributed by atoms with E-state index in [2.05, 4.69) is 5.32 Å². The largest absolute Gasteiger partial charge is 0.497 e. The summed E-state index contributed by atoms with van der Waals surface area (Å²) in [6.07, 6.45) is 0. The number of benzene rings is 3. The number of ether oxygens (including phenoxy) is 2. The predicted octanol–water partition coefficient (Wildman–Crippen LogP) is 4.11. The molecule has 3 rings (SSSR count). The predicted molar refractivity (Wildman–Crippen MR) is 151 cm³/mol. The fraction of sp³-hybridized carbons (Fsp3) is 0.286. The molecule has 0 aromatic heterocycles. The van der Waals surface area contributed by atoms with Gasteiger partial charge in [0.15, 0.2) is 0 Å². The fourth-order valence-electron chi connectivity index (χ4n) is 3.88. The van der Waals surface area contributed by atoms with Crippen molar-refractivity contribution in [1.29, 1.82) is 0 Å². The summed E-state index contributed by atoms with van der Waals surface area (Å²) in [5.41, 5.74) is 0.963. The van der Waals surface area contributed by atoms with Crippen molar-refractivity contribution in [3.05, 3.63) is 83.4 Å². The van der Waals surface area contributed by atoms with Gasteiger partial charge in [0.2, 0.25) is 11.8 Å². The summed E-state index contributed by atoms with van der Waals surface area (Å²) in [6.45, 7) is 3.28. The standard InChI is InChI=1S/C28H32ClN3O6S/c1-5-30-28(34)20(2)31(18-21-7-6-8-25(17-21)38-4)27(33)19-32(23-11-9-22(29)10-12-23)39(35,36)26-15-13-24(37-3)14-16-26/h6-17,20H,5,18-19H2,1-4H3,(H,30,34)/t20-/m1/s1. The number of sulfonamides is 1. The summed E-state index contributed by atoms with van der Waals surface area (Å²) in [4.78, 5) is 28.0. The van der Waals surface area contributed by atoms with E-state index in [0.29, 0.717) is 23.1 Å². The normalized spacial score (nSPS) is 11.8. The monoisotopic (exact) mass is 573 g/mol. The SMILES string of the molecule is CCNC(=O)[C@@H](C)N(Cc1cccc(OC)c1)C(=O)CN(c1ccc(Cl)cc1)S(=O)(=O)c1ccc(OC)cc1.